The van der Waals surface area contributed by atoms with Gasteiger partial charge in [-0.3, -0.25) is 14.6 Å². The maximum Gasteiger partial charge on any atom is 0.188 e. The summed E-state index contributed by atoms with van der Waals surface area (Å²) in [7, 11) is 1.98. The number of para-hydroxylation sites is 1. The third-order valence-corrected chi connectivity index (χ3v) is 3.50. The molecule has 0 bridgehead atoms. The average Bonchev–Trinajstić information content (AvgIpc) is 2.72. The molecule has 0 spiro atoms. The van der Waals surface area contributed by atoms with E-state index in [-0.39, 0.29) is 18.0 Å². The number of benzene rings is 1. The third kappa shape index (κ3) is 1.90. The molecule has 20 heavy (non-hydrogen) atoms. The van der Waals surface area contributed by atoms with E-state index in [9.17, 15) is 9.59 Å². The minimum absolute atomic E-state index is 0.0940. The summed E-state index contributed by atoms with van der Waals surface area (Å²) in [6, 6.07) is 9.79. The van der Waals surface area contributed by atoms with E-state index < -0.39 is 0 Å². The number of hydrogen-bond acceptors (Lipinski definition) is 3. The van der Waals surface area contributed by atoms with Crippen LogP contribution in [-0.4, -0.2) is 21.1 Å². The SMILES string of the molecule is CC(=O)CC(=O)c1cc2c3ccccc3n(C)c2cn1. The smallest absolute Gasteiger partial charge is 0.188 e. The first-order chi connectivity index (χ1) is 9.58. The molecular formula is C16H14N2O2. The molecule has 100 valence electrons. The van der Waals surface area contributed by atoms with Crippen molar-refractivity contribution in [1.82, 2.24) is 9.55 Å². The summed E-state index contributed by atoms with van der Waals surface area (Å²) in [5.74, 6) is -0.373. The molecule has 0 atom stereocenters. The summed E-state index contributed by atoms with van der Waals surface area (Å²) >= 11 is 0. The number of carbonyl (C=O) groups is 2. The van der Waals surface area contributed by atoms with Crippen LogP contribution in [0.1, 0.15) is 23.8 Å². The van der Waals surface area contributed by atoms with Gasteiger partial charge in [0, 0.05) is 23.3 Å². The van der Waals surface area contributed by atoms with Crippen LogP contribution in [0.25, 0.3) is 21.8 Å². The summed E-state index contributed by atoms with van der Waals surface area (Å²) < 4.78 is 2.05. The van der Waals surface area contributed by atoms with E-state index in [0.29, 0.717) is 5.69 Å². The van der Waals surface area contributed by atoms with E-state index >= 15 is 0 Å². The molecule has 0 aliphatic heterocycles. The number of aryl methyl sites for hydroxylation is 1. The third-order valence-electron chi connectivity index (χ3n) is 3.50. The van der Waals surface area contributed by atoms with Crippen molar-refractivity contribution in [3.05, 3.63) is 42.2 Å². The molecule has 0 fully saturated rings. The Bertz CT molecular complexity index is 846. The number of rotatable bonds is 3. The van der Waals surface area contributed by atoms with Crippen molar-refractivity contribution in [2.24, 2.45) is 7.05 Å². The summed E-state index contributed by atoms with van der Waals surface area (Å²) in [6.07, 6.45) is 1.60. The van der Waals surface area contributed by atoms with Gasteiger partial charge in [-0.15, -0.1) is 0 Å². The average molecular weight is 266 g/mol. The Kier molecular flexibility index (Phi) is 2.86. The molecule has 0 aliphatic rings. The lowest BCUT2D eigenvalue weighted by Crippen LogP contribution is -2.06. The first-order valence-electron chi connectivity index (χ1n) is 6.43. The van der Waals surface area contributed by atoms with Gasteiger partial charge in [-0.2, -0.15) is 0 Å². The van der Waals surface area contributed by atoms with Gasteiger partial charge in [-0.05, 0) is 19.1 Å². The van der Waals surface area contributed by atoms with Crippen LogP contribution in [0.2, 0.25) is 0 Å². The second kappa shape index (κ2) is 4.56. The van der Waals surface area contributed by atoms with E-state index in [1.807, 2.05) is 31.3 Å². The van der Waals surface area contributed by atoms with Crippen LogP contribution in [0.15, 0.2) is 36.5 Å². The number of Topliss-reactive ketones (excluding diaryl/α,β-unsaturated/α-hetero) is 2. The molecular weight excluding hydrogens is 252 g/mol. The highest BCUT2D eigenvalue weighted by molar-refractivity contribution is 6.12. The number of hydrogen-bond donors (Lipinski definition) is 0. The lowest BCUT2D eigenvalue weighted by Gasteiger charge is -2.00. The first-order valence-corrected chi connectivity index (χ1v) is 6.43. The molecule has 0 N–H and O–H groups in total. The Labute approximate surface area is 116 Å². The summed E-state index contributed by atoms with van der Waals surface area (Å²) in [6.45, 7) is 1.41. The van der Waals surface area contributed by atoms with E-state index in [1.54, 1.807) is 12.3 Å². The Morgan fingerprint density at radius 3 is 2.65 bits per heavy atom. The van der Waals surface area contributed by atoms with Gasteiger partial charge >= 0.3 is 0 Å². The van der Waals surface area contributed by atoms with Gasteiger partial charge in [0.15, 0.2) is 5.78 Å². The number of nitrogens with zero attached hydrogens (tertiary/aromatic N) is 2. The van der Waals surface area contributed by atoms with Crippen molar-refractivity contribution in [3.63, 3.8) is 0 Å². The van der Waals surface area contributed by atoms with Gasteiger partial charge in [-0.1, -0.05) is 18.2 Å². The normalized spacial score (nSPS) is 11.1. The lowest BCUT2D eigenvalue weighted by atomic mass is 10.1. The Balaban J connectivity index is 2.23. The zero-order chi connectivity index (χ0) is 14.3. The van der Waals surface area contributed by atoms with Crippen LogP contribution < -0.4 is 0 Å². The van der Waals surface area contributed by atoms with E-state index in [0.717, 1.165) is 21.8 Å². The zero-order valence-electron chi connectivity index (χ0n) is 11.4. The summed E-state index contributed by atoms with van der Waals surface area (Å²) in [5.41, 5.74) is 2.43. The molecule has 0 aliphatic carbocycles. The molecule has 4 heteroatoms. The molecule has 0 radical (unpaired) electrons. The lowest BCUT2D eigenvalue weighted by molar-refractivity contribution is -0.116. The highest BCUT2D eigenvalue weighted by Crippen LogP contribution is 2.27. The molecule has 0 unspecified atom stereocenters. The highest BCUT2D eigenvalue weighted by atomic mass is 16.1. The van der Waals surface area contributed by atoms with Crippen molar-refractivity contribution in [2.75, 3.05) is 0 Å². The maximum absolute atomic E-state index is 12.0. The summed E-state index contributed by atoms with van der Waals surface area (Å²) in [5, 5.41) is 2.08. The van der Waals surface area contributed by atoms with Crippen molar-refractivity contribution in [2.45, 2.75) is 13.3 Å². The van der Waals surface area contributed by atoms with Crippen molar-refractivity contribution in [3.8, 4) is 0 Å². The molecule has 3 aromatic rings. The van der Waals surface area contributed by atoms with Gasteiger partial charge in [0.25, 0.3) is 0 Å². The van der Waals surface area contributed by atoms with Crippen molar-refractivity contribution < 1.29 is 9.59 Å². The van der Waals surface area contributed by atoms with Gasteiger partial charge in [0.05, 0.1) is 18.1 Å². The number of pyridine rings is 1. The van der Waals surface area contributed by atoms with Gasteiger partial charge in [0.2, 0.25) is 0 Å². The predicted molar refractivity (Wildman–Crippen MR) is 77.8 cm³/mol. The minimum Gasteiger partial charge on any atom is -0.342 e. The van der Waals surface area contributed by atoms with Gasteiger partial charge < -0.3 is 4.57 Å². The number of carbonyl (C=O) groups excluding carboxylic acids is 2. The van der Waals surface area contributed by atoms with E-state index in [4.69, 9.17) is 0 Å². The molecule has 1 aromatic carbocycles. The molecule has 3 rings (SSSR count). The molecule has 2 aromatic heterocycles. The Hall–Kier alpha value is -2.49. The maximum atomic E-state index is 12.0. The monoisotopic (exact) mass is 266 g/mol. The fraction of sp³-hybridized carbons (Fsp3) is 0.188. The molecule has 2 heterocycles. The van der Waals surface area contributed by atoms with E-state index in [1.165, 1.54) is 6.92 Å². The van der Waals surface area contributed by atoms with Crippen LogP contribution in [0.5, 0.6) is 0 Å². The van der Waals surface area contributed by atoms with Crippen LogP contribution in [0.3, 0.4) is 0 Å². The number of ketones is 2. The van der Waals surface area contributed by atoms with Gasteiger partial charge in [0.1, 0.15) is 11.5 Å². The second-order valence-electron chi connectivity index (χ2n) is 4.96. The van der Waals surface area contributed by atoms with Crippen molar-refractivity contribution in [1.29, 1.82) is 0 Å². The first kappa shape index (κ1) is 12.5. The molecule has 0 amide bonds. The quantitative estimate of drug-likeness (QED) is 0.541. The van der Waals surface area contributed by atoms with Crippen molar-refractivity contribution >= 4 is 33.4 Å². The largest absolute Gasteiger partial charge is 0.342 e. The van der Waals surface area contributed by atoms with Crippen LogP contribution in [-0.2, 0) is 11.8 Å². The highest BCUT2D eigenvalue weighted by Gasteiger charge is 2.14. The second-order valence-corrected chi connectivity index (χ2v) is 4.96. The Morgan fingerprint density at radius 2 is 1.90 bits per heavy atom. The summed E-state index contributed by atoms with van der Waals surface area (Å²) in [4.78, 5) is 27.2. The minimum atomic E-state index is -0.229. The predicted octanol–water partition coefficient (Wildman–Crippen LogP) is 2.89. The number of fused-ring (bicyclic) bond motifs is 3. The topological polar surface area (TPSA) is 52.0 Å². The van der Waals surface area contributed by atoms with Crippen LogP contribution in [0.4, 0.5) is 0 Å². The number of aromatic nitrogens is 2. The fourth-order valence-corrected chi connectivity index (χ4v) is 2.52. The van der Waals surface area contributed by atoms with Gasteiger partial charge in [-0.25, -0.2) is 0 Å². The molecule has 4 nitrogen and oxygen atoms in total. The molecule has 0 saturated carbocycles. The van der Waals surface area contributed by atoms with Crippen LogP contribution >= 0.6 is 0 Å². The fourth-order valence-electron chi connectivity index (χ4n) is 2.52. The zero-order valence-corrected chi connectivity index (χ0v) is 11.4. The standard InChI is InChI=1S/C16H14N2O2/c1-10(19)7-16(20)13-8-12-11-5-3-4-6-14(11)18(2)15(12)9-17-13/h3-6,8-9H,7H2,1-2H3. The molecule has 0 saturated heterocycles. The van der Waals surface area contributed by atoms with Crippen LogP contribution in [0, 0.1) is 0 Å². The van der Waals surface area contributed by atoms with E-state index in [2.05, 4.69) is 9.55 Å². The Morgan fingerprint density at radius 1 is 1.15 bits per heavy atom.